The third-order valence-corrected chi connectivity index (χ3v) is 5.67. The van der Waals surface area contributed by atoms with Crippen LogP contribution in [0.5, 0.6) is 0 Å². The standard InChI is InChI=1S/C19H17N5O2S2/c20-7-1-9-27-17-12-16(18(11-15(17)22)28-10-2-8-21)23-19(25)13-3-5-14(24-26)6-4-13/h3-6,11-12H,1-2,9-10,22H2,(H,23,25). The van der Waals surface area contributed by atoms with Gasteiger partial charge in [-0.1, -0.05) is 0 Å². The van der Waals surface area contributed by atoms with Crippen molar-refractivity contribution in [1.82, 2.24) is 0 Å². The fraction of sp³-hybridized carbons (Fsp3) is 0.211. The van der Waals surface area contributed by atoms with E-state index in [0.717, 1.165) is 9.79 Å². The minimum absolute atomic E-state index is 0.243. The second-order valence-corrected chi connectivity index (χ2v) is 7.77. The maximum Gasteiger partial charge on any atom is 0.255 e. The highest BCUT2D eigenvalue weighted by Gasteiger charge is 2.13. The van der Waals surface area contributed by atoms with Crippen LogP contribution in [0.15, 0.2) is 51.4 Å². The van der Waals surface area contributed by atoms with Crippen molar-refractivity contribution >= 4 is 46.5 Å². The minimum atomic E-state index is -0.336. The number of nitroso groups, excluding NO2 is 1. The fourth-order valence-electron chi connectivity index (χ4n) is 2.20. The molecule has 0 aliphatic rings. The number of anilines is 2. The zero-order valence-corrected chi connectivity index (χ0v) is 16.5. The Morgan fingerprint density at radius 1 is 1.04 bits per heavy atom. The molecule has 9 heteroatoms. The number of nitrogens with zero attached hydrogens (tertiary/aromatic N) is 3. The van der Waals surface area contributed by atoms with Crippen LogP contribution in [0.1, 0.15) is 23.2 Å². The normalized spacial score (nSPS) is 9.93. The van der Waals surface area contributed by atoms with E-state index in [1.165, 1.54) is 47.8 Å². The van der Waals surface area contributed by atoms with Gasteiger partial charge in [-0.3, -0.25) is 4.79 Å². The molecule has 0 radical (unpaired) electrons. The number of hydrogen-bond acceptors (Lipinski definition) is 8. The predicted molar refractivity (Wildman–Crippen MR) is 113 cm³/mol. The lowest BCUT2D eigenvalue weighted by atomic mass is 10.2. The second-order valence-electron chi connectivity index (χ2n) is 5.49. The van der Waals surface area contributed by atoms with Gasteiger partial charge in [0.25, 0.3) is 5.91 Å². The number of nitrogens with one attached hydrogen (secondary N) is 1. The van der Waals surface area contributed by atoms with Crippen LogP contribution in [0.3, 0.4) is 0 Å². The van der Waals surface area contributed by atoms with Crippen molar-refractivity contribution in [2.24, 2.45) is 5.18 Å². The molecule has 7 nitrogen and oxygen atoms in total. The molecule has 1 amide bonds. The Balaban J connectivity index is 2.27. The van der Waals surface area contributed by atoms with E-state index < -0.39 is 0 Å². The van der Waals surface area contributed by atoms with Crippen molar-refractivity contribution in [2.45, 2.75) is 22.6 Å². The molecule has 2 rings (SSSR count). The number of benzene rings is 2. The molecule has 3 N–H and O–H groups in total. The van der Waals surface area contributed by atoms with Crippen LogP contribution in [-0.4, -0.2) is 17.4 Å². The molecule has 0 aliphatic heterocycles. The number of carbonyl (C=O) groups excluding carboxylic acids is 1. The van der Waals surface area contributed by atoms with Gasteiger partial charge in [0.1, 0.15) is 5.69 Å². The number of hydrogen-bond donors (Lipinski definition) is 2. The number of thioether (sulfide) groups is 2. The lowest BCUT2D eigenvalue weighted by molar-refractivity contribution is 0.102. The van der Waals surface area contributed by atoms with Crippen LogP contribution in [-0.2, 0) is 0 Å². The molecular weight excluding hydrogens is 394 g/mol. The summed E-state index contributed by atoms with van der Waals surface area (Å²) in [6.45, 7) is 0. The Morgan fingerprint density at radius 3 is 2.21 bits per heavy atom. The second kappa shape index (κ2) is 11.0. The molecule has 2 aromatic carbocycles. The molecule has 0 heterocycles. The van der Waals surface area contributed by atoms with Gasteiger partial charge in [-0.25, -0.2) is 0 Å². The van der Waals surface area contributed by atoms with Gasteiger partial charge in [0.2, 0.25) is 0 Å². The van der Waals surface area contributed by atoms with Crippen molar-refractivity contribution in [3.05, 3.63) is 46.9 Å². The first-order valence-corrected chi connectivity index (χ1v) is 10.2. The smallest absolute Gasteiger partial charge is 0.255 e. The third-order valence-electron chi connectivity index (χ3n) is 3.54. The first-order valence-electron chi connectivity index (χ1n) is 8.26. The summed E-state index contributed by atoms with van der Waals surface area (Å²) in [4.78, 5) is 24.6. The largest absolute Gasteiger partial charge is 0.398 e. The van der Waals surface area contributed by atoms with Gasteiger partial charge in [-0.05, 0) is 41.6 Å². The Hall–Kier alpha value is -3.01. The monoisotopic (exact) mass is 411 g/mol. The van der Waals surface area contributed by atoms with Crippen LogP contribution >= 0.6 is 23.5 Å². The molecule has 28 heavy (non-hydrogen) atoms. The first kappa shape index (κ1) is 21.3. The van der Waals surface area contributed by atoms with E-state index >= 15 is 0 Å². The Morgan fingerprint density at radius 2 is 1.64 bits per heavy atom. The van der Waals surface area contributed by atoms with Crippen LogP contribution in [0.25, 0.3) is 0 Å². The van der Waals surface area contributed by atoms with Crippen molar-refractivity contribution in [3.63, 3.8) is 0 Å². The average Bonchev–Trinajstić information content (AvgIpc) is 2.71. The van der Waals surface area contributed by atoms with Crippen molar-refractivity contribution in [3.8, 4) is 12.1 Å². The summed E-state index contributed by atoms with van der Waals surface area (Å²) in [5, 5.41) is 23.1. The van der Waals surface area contributed by atoms with Gasteiger partial charge in [0, 0.05) is 45.4 Å². The molecule has 2 aromatic rings. The molecule has 0 spiro atoms. The van der Waals surface area contributed by atoms with E-state index in [4.69, 9.17) is 16.3 Å². The minimum Gasteiger partial charge on any atom is -0.398 e. The van der Waals surface area contributed by atoms with Gasteiger partial charge in [-0.2, -0.15) is 10.5 Å². The van der Waals surface area contributed by atoms with Crippen LogP contribution in [0.4, 0.5) is 17.1 Å². The molecule has 0 aromatic heterocycles. The highest BCUT2D eigenvalue weighted by Crippen LogP contribution is 2.37. The highest BCUT2D eigenvalue weighted by molar-refractivity contribution is 8.00. The van der Waals surface area contributed by atoms with E-state index in [9.17, 15) is 9.70 Å². The van der Waals surface area contributed by atoms with Crippen molar-refractivity contribution in [2.75, 3.05) is 22.6 Å². The van der Waals surface area contributed by atoms with Crippen LogP contribution in [0, 0.1) is 27.6 Å². The number of nitrogens with two attached hydrogens (primary N) is 1. The zero-order chi connectivity index (χ0) is 20.4. The van der Waals surface area contributed by atoms with Crippen LogP contribution in [0.2, 0.25) is 0 Å². The maximum absolute atomic E-state index is 12.6. The van der Waals surface area contributed by atoms with Crippen LogP contribution < -0.4 is 11.1 Å². The molecule has 0 saturated carbocycles. The molecule has 0 aliphatic carbocycles. The van der Waals surface area contributed by atoms with E-state index in [-0.39, 0.29) is 11.6 Å². The van der Waals surface area contributed by atoms with E-state index in [1.807, 2.05) is 0 Å². The number of rotatable bonds is 9. The quantitative estimate of drug-likeness (QED) is 0.259. The van der Waals surface area contributed by atoms with E-state index in [0.29, 0.717) is 41.3 Å². The lowest BCUT2D eigenvalue weighted by Gasteiger charge is -2.14. The van der Waals surface area contributed by atoms with Gasteiger partial charge >= 0.3 is 0 Å². The summed E-state index contributed by atoms with van der Waals surface area (Å²) >= 11 is 2.87. The maximum atomic E-state index is 12.6. The van der Waals surface area contributed by atoms with Crippen molar-refractivity contribution in [1.29, 1.82) is 10.5 Å². The van der Waals surface area contributed by atoms with Gasteiger partial charge in [0.05, 0.1) is 17.8 Å². The third kappa shape index (κ3) is 6.02. The molecule has 0 atom stereocenters. The molecule has 0 saturated heterocycles. The Labute approximate surface area is 171 Å². The van der Waals surface area contributed by atoms with Gasteiger partial charge in [-0.15, -0.1) is 28.4 Å². The van der Waals surface area contributed by atoms with Gasteiger partial charge < -0.3 is 11.1 Å². The number of nitrogen functional groups attached to an aromatic ring is 1. The summed E-state index contributed by atoms with van der Waals surface area (Å²) in [5.41, 5.74) is 7.88. The van der Waals surface area contributed by atoms with E-state index in [1.54, 1.807) is 12.1 Å². The first-order chi connectivity index (χ1) is 13.6. The highest BCUT2D eigenvalue weighted by atomic mass is 32.2. The SMILES string of the molecule is N#CCCSc1cc(NC(=O)c2ccc(N=O)cc2)c(SCCC#N)cc1N. The van der Waals surface area contributed by atoms with E-state index in [2.05, 4.69) is 22.6 Å². The summed E-state index contributed by atoms with van der Waals surface area (Å²) in [7, 11) is 0. The zero-order valence-electron chi connectivity index (χ0n) is 14.8. The van der Waals surface area contributed by atoms with Crippen molar-refractivity contribution < 1.29 is 4.79 Å². The predicted octanol–water partition coefficient (Wildman–Crippen LogP) is 4.93. The molecule has 0 bridgehead atoms. The van der Waals surface area contributed by atoms with Gasteiger partial charge in [0.15, 0.2) is 0 Å². The molecule has 0 unspecified atom stereocenters. The number of carbonyl (C=O) groups is 1. The molecule has 142 valence electrons. The summed E-state index contributed by atoms with van der Waals surface area (Å²) in [6.07, 6.45) is 0.762. The number of nitriles is 2. The average molecular weight is 412 g/mol. The summed E-state index contributed by atoms with van der Waals surface area (Å²) in [6, 6.07) is 13.7. The Bertz CT molecular complexity index is 933. The molecular formula is C19H17N5O2S2. The summed E-state index contributed by atoms with van der Waals surface area (Å²) in [5.74, 6) is 0.826. The topological polar surface area (TPSA) is 132 Å². The molecule has 0 fully saturated rings. The number of amides is 1. The fourth-order valence-corrected chi connectivity index (χ4v) is 3.93. The Kier molecular flexibility index (Phi) is 8.35. The lowest BCUT2D eigenvalue weighted by Crippen LogP contribution is -2.13. The summed E-state index contributed by atoms with van der Waals surface area (Å²) < 4.78 is 0.